The monoisotopic (exact) mass is 268 g/mol. The summed E-state index contributed by atoms with van der Waals surface area (Å²) < 4.78 is 0. The van der Waals surface area contributed by atoms with Gasteiger partial charge in [0.1, 0.15) is 7.85 Å². The van der Waals surface area contributed by atoms with Crippen LogP contribution < -0.4 is 0 Å². The molecule has 1 N–H and O–H groups in total. The van der Waals surface area contributed by atoms with Gasteiger partial charge in [-0.2, -0.15) is 0 Å². The molecule has 0 spiro atoms. The highest BCUT2D eigenvalue weighted by Crippen LogP contribution is 2.34. The van der Waals surface area contributed by atoms with Crippen molar-refractivity contribution < 1.29 is 9.90 Å². The number of rotatable bonds is 8. The SMILES string of the molecule is BC(CCCC)(CCCN1CCN(C)CC1)C(=O)O. The number of nitrogens with zero attached hydrogens (tertiary/aromatic N) is 2. The van der Waals surface area contributed by atoms with Crippen LogP contribution in [0.4, 0.5) is 0 Å². The molecule has 0 amide bonds. The fourth-order valence-corrected chi connectivity index (χ4v) is 2.67. The molecule has 1 aliphatic rings. The van der Waals surface area contributed by atoms with E-state index in [9.17, 15) is 9.90 Å². The number of piperazine rings is 1. The van der Waals surface area contributed by atoms with Gasteiger partial charge >= 0.3 is 5.97 Å². The summed E-state index contributed by atoms with van der Waals surface area (Å²) >= 11 is 0. The van der Waals surface area contributed by atoms with E-state index in [2.05, 4.69) is 23.8 Å². The Bertz CT molecular complexity index is 281. The van der Waals surface area contributed by atoms with Crippen molar-refractivity contribution in [3.63, 3.8) is 0 Å². The lowest BCUT2D eigenvalue weighted by molar-refractivity contribution is -0.141. The van der Waals surface area contributed by atoms with E-state index in [-0.39, 0.29) is 0 Å². The van der Waals surface area contributed by atoms with Crippen LogP contribution in [0.25, 0.3) is 0 Å². The zero-order valence-corrected chi connectivity index (χ0v) is 12.8. The molecule has 0 aliphatic carbocycles. The second kappa shape index (κ2) is 7.90. The second-order valence-corrected chi connectivity index (χ2v) is 6.22. The third-order valence-electron chi connectivity index (χ3n) is 4.40. The van der Waals surface area contributed by atoms with Gasteiger partial charge in [-0.25, -0.2) is 0 Å². The summed E-state index contributed by atoms with van der Waals surface area (Å²) in [5, 5.41) is 8.89. The molecular weight excluding hydrogens is 239 g/mol. The van der Waals surface area contributed by atoms with Crippen LogP contribution >= 0.6 is 0 Å². The predicted octanol–water partition coefficient (Wildman–Crippen LogP) is 1.08. The molecule has 19 heavy (non-hydrogen) atoms. The average molecular weight is 268 g/mol. The number of carboxylic acid groups (broad SMARTS) is 1. The number of aliphatic carboxylic acids is 1. The van der Waals surface area contributed by atoms with Crippen LogP contribution in [0.15, 0.2) is 0 Å². The lowest BCUT2D eigenvalue weighted by atomic mass is 9.63. The van der Waals surface area contributed by atoms with Crippen molar-refractivity contribution in [3.05, 3.63) is 0 Å². The molecule has 0 aromatic heterocycles. The lowest BCUT2D eigenvalue weighted by Gasteiger charge is -2.33. The molecule has 4 nitrogen and oxygen atoms in total. The maximum atomic E-state index is 11.4. The molecule has 1 unspecified atom stereocenters. The Morgan fingerprint density at radius 2 is 1.79 bits per heavy atom. The molecular formula is C14H29BN2O2. The zero-order valence-electron chi connectivity index (χ0n) is 12.8. The maximum absolute atomic E-state index is 11.4. The minimum atomic E-state index is -0.626. The summed E-state index contributed by atoms with van der Waals surface area (Å²) in [7, 11) is 4.07. The Morgan fingerprint density at radius 1 is 1.21 bits per heavy atom. The number of likely N-dealkylation sites (N-methyl/N-ethyl adjacent to an activating group) is 1. The fourth-order valence-electron chi connectivity index (χ4n) is 2.67. The minimum Gasteiger partial charge on any atom is -0.481 e. The van der Waals surface area contributed by atoms with Crippen LogP contribution in [-0.4, -0.2) is 68.5 Å². The van der Waals surface area contributed by atoms with Gasteiger partial charge in [-0.15, -0.1) is 0 Å². The molecule has 1 atom stereocenters. The number of unbranched alkanes of at least 4 members (excludes halogenated alkanes) is 1. The van der Waals surface area contributed by atoms with Crippen LogP contribution in [0, 0.1) is 0 Å². The van der Waals surface area contributed by atoms with Crippen LogP contribution in [0.5, 0.6) is 0 Å². The van der Waals surface area contributed by atoms with E-state index in [4.69, 9.17) is 0 Å². The highest BCUT2D eigenvalue weighted by molar-refractivity contribution is 6.26. The van der Waals surface area contributed by atoms with Gasteiger partial charge in [0.15, 0.2) is 0 Å². The van der Waals surface area contributed by atoms with Crippen LogP contribution in [0.2, 0.25) is 5.31 Å². The van der Waals surface area contributed by atoms with Crippen LogP contribution in [0.3, 0.4) is 0 Å². The van der Waals surface area contributed by atoms with Crippen molar-refractivity contribution in [2.45, 2.75) is 44.3 Å². The van der Waals surface area contributed by atoms with Crippen LogP contribution in [0.1, 0.15) is 39.0 Å². The third kappa shape index (κ3) is 5.53. The standard InChI is InChI=1S/C14H29BN2O2/c1-3-4-6-14(15,13(18)19)7-5-8-17-11-9-16(2)10-12-17/h3-12,15H2,1-2H3,(H,18,19). The van der Waals surface area contributed by atoms with E-state index >= 15 is 0 Å². The lowest BCUT2D eigenvalue weighted by Crippen LogP contribution is -2.44. The van der Waals surface area contributed by atoms with Crippen molar-refractivity contribution in [1.29, 1.82) is 0 Å². The van der Waals surface area contributed by atoms with Gasteiger partial charge in [-0.05, 0) is 32.9 Å². The Kier molecular flexibility index (Phi) is 6.87. The molecule has 1 fully saturated rings. The van der Waals surface area contributed by atoms with Crippen molar-refractivity contribution in [1.82, 2.24) is 9.80 Å². The predicted molar refractivity (Wildman–Crippen MR) is 81.6 cm³/mol. The minimum absolute atomic E-state index is 0.525. The van der Waals surface area contributed by atoms with Gasteiger partial charge in [0.05, 0.1) is 0 Å². The summed E-state index contributed by atoms with van der Waals surface area (Å²) in [6.07, 6.45) is 4.69. The van der Waals surface area contributed by atoms with E-state index in [1.807, 2.05) is 7.85 Å². The Balaban J connectivity index is 2.30. The van der Waals surface area contributed by atoms with Crippen molar-refractivity contribution >= 4 is 13.8 Å². The van der Waals surface area contributed by atoms with Gasteiger partial charge in [-0.3, -0.25) is 4.79 Å². The first-order valence-electron chi connectivity index (χ1n) is 7.62. The quantitative estimate of drug-likeness (QED) is 0.669. The van der Waals surface area contributed by atoms with Gasteiger partial charge in [0, 0.05) is 31.5 Å². The average Bonchev–Trinajstić information content (AvgIpc) is 2.38. The van der Waals surface area contributed by atoms with Crippen molar-refractivity contribution in [2.75, 3.05) is 39.8 Å². The van der Waals surface area contributed by atoms with E-state index < -0.39 is 11.3 Å². The van der Waals surface area contributed by atoms with Crippen molar-refractivity contribution in [2.24, 2.45) is 0 Å². The summed E-state index contributed by atoms with van der Waals surface area (Å²) in [6.45, 7) is 7.66. The zero-order chi connectivity index (χ0) is 14.3. The molecule has 0 radical (unpaired) electrons. The maximum Gasteiger partial charge on any atom is 0.301 e. The molecule has 0 saturated carbocycles. The van der Waals surface area contributed by atoms with E-state index in [0.717, 1.165) is 64.8 Å². The Morgan fingerprint density at radius 3 is 2.32 bits per heavy atom. The first-order valence-corrected chi connectivity index (χ1v) is 7.62. The van der Waals surface area contributed by atoms with E-state index in [0.29, 0.717) is 0 Å². The molecule has 110 valence electrons. The molecule has 1 saturated heterocycles. The van der Waals surface area contributed by atoms with E-state index in [1.165, 1.54) is 0 Å². The number of carboxylic acids is 1. The molecule has 0 aromatic rings. The largest absolute Gasteiger partial charge is 0.481 e. The molecule has 1 rings (SSSR count). The van der Waals surface area contributed by atoms with Gasteiger partial charge in [0.25, 0.3) is 0 Å². The summed E-state index contributed by atoms with van der Waals surface area (Å²) in [5.74, 6) is -0.626. The smallest absolute Gasteiger partial charge is 0.301 e. The Hall–Kier alpha value is -0.545. The van der Waals surface area contributed by atoms with Gasteiger partial charge < -0.3 is 14.9 Å². The highest BCUT2D eigenvalue weighted by Gasteiger charge is 2.31. The number of hydrogen-bond acceptors (Lipinski definition) is 3. The molecule has 1 aliphatic heterocycles. The van der Waals surface area contributed by atoms with Crippen molar-refractivity contribution in [3.8, 4) is 0 Å². The first-order chi connectivity index (χ1) is 8.98. The number of carbonyl (C=O) groups is 1. The third-order valence-corrected chi connectivity index (χ3v) is 4.40. The number of hydrogen-bond donors (Lipinski definition) is 1. The molecule has 5 heteroatoms. The van der Waals surface area contributed by atoms with E-state index in [1.54, 1.807) is 0 Å². The highest BCUT2D eigenvalue weighted by atomic mass is 16.4. The summed E-state index contributed by atoms with van der Waals surface area (Å²) in [4.78, 5) is 16.2. The summed E-state index contributed by atoms with van der Waals surface area (Å²) in [6, 6.07) is 0. The van der Waals surface area contributed by atoms with Gasteiger partial charge in [-0.1, -0.05) is 19.8 Å². The first kappa shape index (κ1) is 16.5. The molecule has 0 aromatic carbocycles. The normalized spacial score (nSPS) is 21.2. The molecule has 0 bridgehead atoms. The molecule has 1 heterocycles. The fraction of sp³-hybridized carbons (Fsp3) is 0.929. The summed E-state index contributed by atoms with van der Waals surface area (Å²) in [5.41, 5.74) is 0. The van der Waals surface area contributed by atoms with Crippen LogP contribution in [-0.2, 0) is 4.79 Å². The Labute approximate surface area is 118 Å². The second-order valence-electron chi connectivity index (χ2n) is 6.22. The van der Waals surface area contributed by atoms with Gasteiger partial charge in [0.2, 0.25) is 0 Å². The topological polar surface area (TPSA) is 43.8 Å².